The lowest BCUT2D eigenvalue weighted by atomic mass is 9.78. The Hall–Kier alpha value is -4.35. The monoisotopic (exact) mass is 619 g/mol. The van der Waals surface area contributed by atoms with E-state index in [0.717, 1.165) is 15.8 Å². The standard InChI is InChI=1S/C32H28F7N3O2/c1-18-11-24(33)5-6-25(18)27-17-42(29(43)21-4-3-20-7-9-40-28(20)14-21)10-8-26(27)30(44)41(2)16-19-12-22(31(34,35)36)15-23(13-19)32(37,38)39/h3-7,9,11-15,26-27,40H,8,10,16-17H2,1-2H3/t26-,27+/m1/s1. The van der Waals surface area contributed by atoms with Crippen molar-refractivity contribution >= 4 is 22.7 Å². The highest BCUT2D eigenvalue weighted by Gasteiger charge is 2.40. The second-order valence-electron chi connectivity index (χ2n) is 11.1. The summed E-state index contributed by atoms with van der Waals surface area (Å²) in [6.07, 6.45) is -8.11. The summed E-state index contributed by atoms with van der Waals surface area (Å²) in [7, 11) is 1.31. The Morgan fingerprint density at radius 2 is 1.61 bits per heavy atom. The van der Waals surface area contributed by atoms with E-state index >= 15 is 0 Å². The van der Waals surface area contributed by atoms with Gasteiger partial charge in [-0.15, -0.1) is 0 Å². The number of alkyl halides is 6. The van der Waals surface area contributed by atoms with Crippen LogP contribution in [0.3, 0.4) is 0 Å². The van der Waals surface area contributed by atoms with Gasteiger partial charge in [-0.2, -0.15) is 26.3 Å². The Balaban J connectivity index is 1.43. The smallest absolute Gasteiger partial charge is 0.361 e. The molecule has 3 aromatic carbocycles. The maximum Gasteiger partial charge on any atom is 0.416 e. The van der Waals surface area contributed by atoms with Crippen molar-refractivity contribution in [2.24, 2.45) is 5.92 Å². The van der Waals surface area contributed by atoms with Crippen LogP contribution < -0.4 is 0 Å². The fourth-order valence-corrected chi connectivity index (χ4v) is 5.91. The molecule has 0 aliphatic carbocycles. The first-order valence-electron chi connectivity index (χ1n) is 13.8. The lowest BCUT2D eigenvalue weighted by Gasteiger charge is -2.40. The average molecular weight is 620 g/mol. The topological polar surface area (TPSA) is 56.4 Å². The highest BCUT2D eigenvalue weighted by molar-refractivity contribution is 5.98. The number of carbonyl (C=O) groups is 2. The van der Waals surface area contributed by atoms with Crippen molar-refractivity contribution in [2.75, 3.05) is 20.1 Å². The van der Waals surface area contributed by atoms with Gasteiger partial charge in [-0.25, -0.2) is 4.39 Å². The van der Waals surface area contributed by atoms with E-state index in [2.05, 4.69) is 4.98 Å². The number of aromatic nitrogens is 1. The van der Waals surface area contributed by atoms with Crippen molar-refractivity contribution in [3.05, 3.63) is 106 Å². The number of nitrogens with zero attached hydrogens (tertiary/aromatic N) is 2. The molecule has 2 heterocycles. The highest BCUT2D eigenvalue weighted by Crippen LogP contribution is 2.38. The van der Waals surface area contributed by atoms with Gasteiger partial charge >= 0.3 is 12.4 Å². The molecule has 4 aromatic rings. The van der Waals surface area contributed by atoms with Gasteiger partial charge in [-0.3, -0.25) is 9.59 Å². The second kappa shape index (κ2) is 11.6. The second-order valence-corrected chi connectivity index (χ2v) is 11.1. The van der Waals surface area contributed by atoms with E-state index in [4.69, 9.17) is 0 Å². The molecule has 1 aromatic heterocycles. The minimum Gasteiger partial charge on any atom is -0.361 e. The van der Waals surface area contributed by atoms with E-state index in [1.807, 2.05) is 12.1 Å². The Labute approximate surface area is 248 Å². The van der Waals surface area contributed by atoms with Crippen LogP contribution in [0.2, 0.25) is 0 Å². The molecule has 0 saturated carbocycles. The Kier molecular flexibility index (Phi) is 8.21. The fraction of sp³-hybridized carbons (Fsp3) is 0.312. The molecule has 5 nitrogen and oxygen atoms in total. The normalized spacial score (nSPS) is 17.6. The van der Waals surface area contributed by atoms with Crippen LogP contribution in [-0.2, 0) is 23.7 Å². The van der Waals surface area contributed by atoms with E-state index in [9.17, 15) is 40.3 Å². The predicted molar refractivity (Wildman–Crippen MR) is 149 cm³/mol. The maximum absolute atomic E-state index is 14.0. The molecule has 1 saturated heterocycles. The number of nitrogens with one attached hydrogen (secondary N) is 1. The fourth-order valence-electron chi connectivity index (χ4n) is 5.91. The number of rotatable bonds is 5. The van der Waals surface area contributed by atoms with Gasteiger partial charge in [0.25, 0.3) is 5.91 Å². The molecule has 232 valence electrons. The molecule has 0 spiro atoms. The molecule has 0 unspecified atom stereocenters. The number of aromatic amines is 1. The van der Waals surface area contributed by atoms with Gasteiger partial charge in [0.1, 0.15) is 5.82 Å². The number of benzene rings is 3. The van der Waals surface area contributed by atoms with Crippen molar-refractivity contribution < 1.29 is 40.3 Å². The number of carbonyl (C=O) groups excluding carboxylic acids is 2. The number of amides is 2. The molecule has 5 rings (SSSR count). The first-order chi connectivity index (χ1) is 20.6. The summed E-state index contributed by atoms with van der Waals surface area (Å²) in [6.45, 7) is 1.45. The molecule has 12 heteroatoms. The van der Waals surface area contributed by atoms with Crippen LogP contribution in [0.4, 0.5) is 30.7 Å². The first-order valence-corrected chi connectivity index (χ1v) is 13.8. The van der Waals surface area contributed by atoms with Crippen LogP contribution >= 0.6 is 0 Å². The van der Waals surface area contributed by atoms with Gasteiger partial charge in [-0.05, 0) is 84.0 Å². The highest BCUT2D eigenvalue weighted by atomic mass is 19.4. The lowest BCUT2D eigenvalue weighted by Crippen LogP contribution is -2.47. The molecule has 2 amide bonds. The Bertz CT molecular complexity index is 1680. The van der Waals surface area contributed by atoms with Crippen LogP contribution in [0.5, 0.6) is 0 Å². The molecule has 0 radical (unpaired) electrons. The summed E-state index contributed by atoms with van der Waals surface area (Å²) >= 11 is 0. The van der Waals surface area contributed by atoms with Crippen molar-refractivity contribution in [1.82, 2.24) is 14.8 Å². The third-order valence-electron chi connectivity index (χ3n) is 8.09. The molecule has 1 N–H and O–H groups in total. The van der Waals surface area contributed by atoms with Crippen LogP contribution in [0.15, 0.2) is 66.9 Å². The van der Waals surface area contributed by atoms with Crippen LogP contribution in [-0.4, -0.2) is 46.7 Å². The lowest BCUT2D eigenvalue weighted by molar-refractivity contribution is -0.143. The molecule has 1 fully saturated rings. The number of aryl methyl sites for hydroxylation is 1. The molecular formula is C32H28F7N3O2. The first kappa shape index (κ1) is 31.1. The third-order valence-corrected chi connectivity index (χ3v) is 8.09. The van der Waals surface area contributed by atoms with Gasteiger partial charge in [0.2, 0.25) is 5.91 Å². The number of fused-ring (bicyclic) bond motifs is 1. The number of hydrogen-bond acceptors (Lipinski definition) is 2. The molecule has 44 heavy (non-hydrogen) atoms. The zero-order chi connectivity index (χ0) is 32.0. The van der Waals surface area contributed by atoms with Gasteiger partial charge in [0, 0.05) is 55.8 Å². The Morgan fingerprint density at radius 3 is 2.25 bits per heavy atom. The van der Waals surface area contributed by atoms with E-state index < -0.39 is 53.6 Å². The summed E-state index contributed by atoms with van der Waals surface area (Å²) in [6, 6.07) is 12.4. The van der Waals surface area contributed by atoms with E-state index in [0.29, 0.717) is 28.8 Å². The maximum atomic E-state index is 14.0. The number of hydrogen-bond donors (Lipinski definition) is 1. The molecule has 1 aliphatic rings. The van der Waals surface area contributed by atoms with E-state index in [-0.39, 0.29) is 37.0 Å². The summed E-state index contributed by atoms with van der Waals surface area (Å²) < 4.78 is 94.4. The minimum atomic E-state index is -5.02. The quantitative estimate of drug-likeness (QED) is 0.235. The SMILES string of the molecule is Cc1cc(F)ccc1[C@@H]1CN(C(=O)c2ccc3cc[nH]c3c2)CC[C@H]1C(=O)N(C)Cc1cc(C(F)(F)F)cc(C(F)(F)F)c1. The van der Waals surface area contributed by atoms with Crippen LogP contribution in [0, 0.1) is 18.7 Å². The van der Waals surface area contributed by atoms with Gasteiger partial charge < -0.3 is 14.8 Å². The van der Waals surface area contributed by atoms with Crippen molar-refractivity contribution in [3.8, 4) is 0 Å². The van der Waals surface area contributed by atoms with E-state index in [1.54, 1.807) is 30.2 Å². The summed E-state index contributed by atoms with van der Waals surface area (Å²) in [5.41, 5.74) is -0.887. The van der Waals surface area contributed by atoms with Gasteiger partial charge in [0.05, 0.1) is 11.1 Å². The molecule has 2 atom stereocenters. The molecular weight excluding hydrogens is 591 g/mol. The van der Waals surface area contributed by atoms with Gasteiger partial charge in [-0.1, -0.05) is 12.1 Å². The average Bonchev–Trinajstić information content (AvgIpc) is 3.43. The zero-order valence-corrected chi connectivity index (χ0v) is 23.7. The summed E-state index contributed by atoms with van der Waals surface area (Å²) in [5.74, 6) is -2.64. The van der Waals surface area contributed by atoms with Crippen molar-refractivity contribution in [2.45, 2.75) is 38.2 Å². The van der Waals surface area contributed by atoms with Crippen molar-refractivity contribution in [3.63, 3.8) is 0 Å². The van der Waals surface area contributed by atoms with E-state index in [1.165, 1.54) is 25.2 Å². The predicted octanol–water partition coefficient (Wildman–Crippen LogP) is 7.56. The summed E-state index contributed by atoms with van der Waals surface area (Å²) in [4.78, 5) is 33.1. The van der Waals surface area contributed by atoms with Crippen LogP contribution in [0.1, 0.15) is 50.5 Å². The number of likely N-dealkylation sites (tertiary alicyclic amines) is 1. The largest absolute Gasteiger partial charge is 0.416 e. The zero-order valence-electron chi connectivity index (χ0n) is 23.7. The number of halogens is 7. The number of H-pyrrole nitrogens is 1. The van der Waals surface area contributed by atoms with Crippen LogP contribution in [0.25, 0.3) is 10.9 Å². The number of piperidine rings is 1. The molecule has 0 bridgehead atoms. The van der Waals surface area contributed by atoms with Gasteiger partial charge in [0.15, 0.2) is 0 Å². The third kappa shape index (κ3) is 6.44. The Morgan fingerprint density at radius 1 is 0.932 bits per heavy atom. The minimum absolute atomic E-state index is 0.0406. The van der Waals surface area contributed by atoms with Crippen molar-refractivity contribution in [1.29, 1.82) is 0 Å². The summed E-state index contributed by atoms with van der Waals surface area (Å²) in [5, 5.41) is 0.928. The molecule has 1 aliphatic heterocycles.